The molecule has 0 aromatic heterocycles. The Morgan fingerprint density at radius 2 is 1.83 bits per heavy atom. The zero-order chi connectivity index (χ0) is 13.6. The van der Waals surface area contributed by atoms with E-state index < -0.39 is 0 Å². The van der Waals surface area contributed by atoms with Gasteiger partial charge >= 0.3 is 5.97 Å². The first kappa shape index (κ1) is 16.6. The summed E-state index contributed by atoms with van der Waals surface area (Å²) in [6, 6.07) is 0. The van der Waals surface area contributed by atoms with E-state index >= 15 is 0 Å². The number of carbonyl (C=O) groups is 1. The van der Waals surface area contributed by atoms with Gasteiger partial charge in [0.1, 0.15) is 9.52 Å². The molecule has 106 valence electrons. The summed E-state index contributed by atoms with van der Waals surface area (Å²) in [5.41, 5.74) is 0. The smallest absolute Gasteiger partial charge is 0.306 e. The number of thioether (sulfide) groups is 3. The molecule has 5 heteroatoms. The van der Waals surface area contributed by atoms with Crippen molar-refractivity contribution in [3.05, 3.63) is 0 Å². The normalized spacial score (nSPS) is 24.3. The molecule has 0 radical (unpaired) electrons. The lowest BCUT2D eigenvalue weighted by Crippen LogP contribution is -2.33. The van der Waals surface area contributed by atoms with Crippen LogP contribution in [0.2, 0.25) is 0 Å². The van der Waals surface area contributed by atoms with E-state index in [0.717, 1.165) is 12.8 Å². The fourth-order valence-electron chi connectivity index (χ4n) is 2.52. The van der Waals surface area contributed by atoms with Crippen LogP contribution in [0.3, 0.4) is 0 Å². The summed E-state index contributed by atoms with van der Waals surface area (Å²) in [7, 11) is 0. The van der Waals surface area contributed by atoms with Crippen LogP contribution < -0.4 is 0 Å². The van der Waals surface area contributed by atoms with Gasteiger partial charge < -0.3 is 4.74 Å². The third kappa shape index (κ3) is 3.76. The van der Waals surface area contributed by atoms with E-state index in [1.165, 1.54) is 12.8 Å². The molecule has 1 fully saturated rings. The van der Waals surface area contributed by atoms with Gasteiger partial charge in [-0.25, -0.2) is 0 Å². The number of unbranched alkanes of at least 4 members (excludes halogenated alkanes) is 2. The SMILES string of the molecule is CCCCC[C@H]1OC(=O)C[C@@H]1C(SC)(SC)SC. The zero-order valence-electron chi connectivity index (χ0n) is 11.7. The van der Waals surface area contributed by atoms with Crippen LogP contribution in [0.15, 0.2) is 0 Å². The average molecular weight is 309 g/mol. The van der Waals surface area contributed by atoms with E-state index in [9.17, 15) is 4.79 Å². The molecule has 2 nitrogen and oxygen atoms in total. The molecule has 1 aliphatic rings. The molecule has 0 N–H and O–H groups in total. The molecule has 0 aromatic rings. The van der Waals surface area contributed by atoms with Crippen molar-refractivity contribution in [2.45, 2.75) is 48.5 Å². The summed E-state index contributed by atoms with van der Waals surface area (Å²) in [5, 5.41) is 0. The molecule has 18 heavy (non-hydrogen) atoms. The minimum absolute atomic E-state index is 0.0111. The van der Waals surface area contributed by atoms with E-state index in [1.807, 2.05) is 35.3 Å². The maximum atomic E-state index is 11.6. The molecule has 0 amide bonds. The predicted octanol–water partition coefficient (Wildman–Crippen LogP) is 4.24. The van der Waals surface area contributed by atoms with Crippen LogP contribution in [0, 0.1) is 5.92 Å². The summed E-state index contributed by atoms with van der Waals surface area (Å²) < 4.78 is 5.61. The van der Waals surface area contributed by atoms with Crippen LogP contribution >= 0.6 is 35.3 Å². The molecule has 0 unspecified atom stereocenters. The molecular weight excluding hydrogens is 284 g/mol. The highest BCUT2D eigenvalue weighted by Crippen LogP contribution is 2.54. The Morgan fingerprint density at radius 1 is 1.22 bits per heavy atom. The van der Waals surface area contributed by atoms with Gasteiger partial charge in [0.15, 0.2) is 0 Å². The fourth-order valence-corrected chi connectivity index (χ4v) is 6.14. The molecule has 1 heterocycles. The van der Waals surface area contributed by atoms with Gasteiger partial charge in [0.25, 0.3) is 0 Å². The number of esters is 1. The lowest BCUT2D eigenvalue weighted by Gasteiger charge is -2.36. The summed E-state index contributed by atoms with van der Waals surface area (Å²) in [6.45, 7) is 2.20. The monoisotopic (exact) mass is 308 g/mol. The van der Waals surface area contributed by atoms with Gasteiger partial charge in [-0.05, 0) is 31.6 Å². The lowest BCUT2D eigenvalue weighted by molar-refractivity contribution is -0.141. The van der Waals surface area contributed by atoms with Crippen molar-refractivity contribution in [2.75, 3.05) is 18.8 Å². The topological polar surface area (TPSA) is 26.3 Å². The van der Waals surface area contributed by atoms with Crippen molar-refractivity contribution in [3.63, 3.8) is 0 Å². The Bertz CT molecular complexity index is 259. The number of ether oxygens (including phenoxy) is 1. The maximum absolute atomic E-state index is 11.6. The van der Waals surface area contributed by atoms with Gasteiger partial charge in [-0.1, -0.05) is 19.8 Å². The highest BCUT2D eigenvalue weighted by molar-refractivity contribution is 8.33. The van der Waals surface area contributed by atoms with Gasteiger partial charge in [-0.3, -0.25) is 4.79 Å². The van der Waals surface area contributed by atoms with Crippen molar-refractivity contribution >= 4 is 41.3 Å². The summed E-state index contributed by atoms with van der Waals surface area (Å²) in [6.07, 6.45) is 11.7. The Balaban J connectivity index is 2.72. The van der Waals surface area contributed by atoms with E-state index in [4.69, 9.17) is 4.74 Å². The number of hydrogen-bond donors (Lipinski definition) is 0. The van der Waals surface area contributed by atoms with Crippen molar-refractivity contribution in [1.29, 1.82) is 0 Å². The Hall–Kier alpha value is 0.520. The van der Waals surface area contributed by atoms with Gasteiger partial charge in [0, 0.05) is 5.92 Å². The fraction of sp³-hybridized carbons (Fsp3) is 0.923. The van der Waals surface area contributed by atoms with Crippen molar-refractivity contribution < 1.29 is 9.53 Å². The second-order valence-corrected chi connectivity index (χ2v) is 8.48. The van der Waals surface area contributed by atoms with E-state index in [1.54, 1.807) is 0 Å². The number of cyclic esters (lactones) is 1. The van der Waals surface area contributed by atoms with Crippen LogP contribution in [-0.4, -0.2) is 34.3 Å². The lowest BCUT2D eigenvalue weighted by atomic mass is 9.98. The van der Waals surface area contributed by atoms with E-state index in [2.05, 4.69) is 25.7 Å². The minimum atomic E-state index is -0.0111. The van der Waals surface area contributed by atoms with Crippen LogP contribution in [-0.2, 0) is 9.53 Å². The second-order valence-electron chi connectivity index (χ2n) is 4.55. The Labute approximate surface area is 124 Å². The molecular formula is C13H24O2S3. The zero-order valence-corrected chi connectivity index (χ0v) is 14.2. The second kappa shape index (κ2) is 7.95. The van der Waals surface area contributed by atoms with Crippen LogP contribution in [0.1, 0.15) is 39.0 Å². The van der Waals surface area contributed by atoms with Crippen LogP contribution in [0.25, 0.3) is 0 Å². The molecule has 0 saturated carbocycles. The molecule has 1 aliphatic heterocycles. The molecule has 0 bridgehead atoms. The van der Waals surface area contributed by atoms with E-state index in [-0.39, 0.29) is 15.5 Å². The van der Waals surface area contributed by atoms with E-state index in [0.29, 0.717) is 12.3 Å². The van der Waals surface area contributed by atoms with Crippen LogP contribution in [0.5, 0.6) is 0 Å². The number of rotatable bonds is 8. The summed E-state index contributed by atoms with van der Waals surface area (Å²) in [5.74, 6) is 0.324. The molecule has 1 rings (SSSR count). The Kier molecular flexibility index (Phi) is 7.32. The third-order valence-electron chi connectivity index (χ3n) is 3.52. The van der Waals surface area contributed by atoms with Gasteiger partial charge in [-0.2, -0.15) is 0 Å². The molecule has 1 saturated heterocycles. The Morgan fingerprint density at radius 3 is 2.33 bits per heavy atom. The predicted molar refractivity (Wildman–Crippen MR) is 85.4 cm³/mol. The first-order valence-corrected chi connectivity index (χ1v) is 10.2. The van der Waals surface area contributed by atoms with Crippen LogP contribution in [0.4, 0.5) is 0 Å². The highest BCUT2D eigenvalue weighted by Gasteiger charge is 2.48. The summed E-state index contributed by atoms with van der Waals surface area (Å²) >= 11 is 5.56. The molecule has 0 spiro atoms. The molecule has 2 atom stereocenters. The van der Waals surface area contributed by atoms with Gasteiger partial charge in [-0.15, -0.1) is 35.3 Å². The first-order valence-electron chi connectivity index (χ1n) is 6.48. The van der Waals surface area contributed by atoms with Gasteiger partial charge in [0.2, 0.25) is 0 Å². The largest absolute Gasteiger partial charge is 0.462 e. The van der Waals surface area contributed by atoms with Gasteiger partial charge in [0.05, 0.1) is 6.42 Å². The standard InChI is InChI=1S/C13H24O2S3/c1-5-6-7-8-11-10(9-12(14)15-11)13(16-2,17-3)18-4/h10-11H,5-9H2,1-4H3/t10-,11+/m0/s1. The molecule has 0 aliphatic carbocycles. The maximum Gasteiger partial charge on any atom is 0.306 e. The minimum Gasteiger partial charge on any atom is -0.462 e. The number of carbonyl (C=O) groups excluding carboxylic acids is 1. The summed E-state index contributed by atoms with van der Waals surface area (Å²) in [4.78, 5) is 11.6. The highest BCUT2D eigenvalue weighted by atomic mass is 32.3. The third-order valence-corrected chi connectivity index (χ3v) is 9.13. The quantitative estimate of drug-likeness (QED) is 0.379. The average Bonchev–Trinajstić information content (AvgIpc) is 2.75. The molecule has 0 aromatic carbocycles. The van der Waals surface area contributed by atoms with Crippen molar-refractivity contribution in [1.82, 2.24) is 0 Å². The number of hydrogen-bond acceptors (Lipinski definition) is 5. The first-order chi connectivity index (χ1) is 8.63. The van der Waals surface area contributed by atoms with Crippen molar-refractivity contribution in [2.24, 2.45) is 5.92 Å². The van der Waals surface area contributed by atoms with Crippen molar-refractivity contribution in [3.8, 4) is 0 Å².